The maximum absolute atomic E-state index is 5.29. The lowest BCUT2D eigenvalue weighted by Gasteiger charge is -2.08. The number of aromatic nitrogens is 4. The molecule has 0 atom stereocenters. The number of para-hydroxylation sites is 1. The smallest absolute Gasteiger partial charge is 0.195 e. The molecule has 0 unspecified atom stereocenters. The van der Waals surface area contributed by atoms with Crippen LogP contribution >= 0.6 is 12.2 Å². The summed E-state index contributed by atoms with van der Waals surface area (Å²) in [6.45, 7) is 2.77. The normalized spacial score (nSPS) is 11.0. The molecule has 0 saturated heterocycles. The van der Waals surface area contributed by atoms with E-state index in [0.29, 0.717) is 11.3 Å². The molecule has 3 rings (SSSR count). The summed E-state index contributed by atoms with van der Waals surface area (Å²) < 4.78 is 2.68. The molecule has 0 aliphatic carbocycles. The third-order valence-corrected chi connectivity index (χ3v) is 3.51. The Labute approximate surface area is 116 Å². The number of hydrogen-bond acceptors (Lipinski definition) is 3. The lowest BCUT2D eigenvalue weighted by molar-refractivity contribution is 0.727. The summed E-state index contributed by atoms with van der Waals surface area (Å²) in [5.74, 6) is 0.970. The number of nitrogens with zero attached hydrogens (tertiary/aromatic N) is 3. The Morgan fingerprint density at radius 2 is 2.11 bits per heavy atom. The van der Waals surface area contributed by atoms with Crippen molar-refractivity contribution in [3.63, 3.8) is 0 Å². The highest BCUT2D eigenvalue weighted by molar-refractivity contribution is 7.71. The fourth-order valence-electron chi connectivity index (χ4n) is 2.25. The Bertz CT molecular complexity index is 767. The van der Waals surface area contributed by atoms with Gasteiger partial charge in [0.15, 0.2) is 4.77 Å². The third-order valence-electron chi connectivity index (χ3n) is 3.20. The predicted octanol–water partition coefficient (Wildman–Crippen LogP) is 3.10. The zero-order valence-electron chi connectivity index (χ0n) is 10.6. The van der Waals surface area contributed by atoms with Crippen molar-refractivity contribution >= 4 is 23.1 Å². The van der Waals surface area contributed by atoms with E-state index in [4.69, 9.17) is 12.2 Å². The van der Waals surface area contributed by atoms with Gasteiger partial charge in [-0.3, -0.25) is 14.6 Å². The maximum atomic E-state index is 5.29. The molecule has 5 heteroatoms. The van der Waals surface area contributed by atoms with E-state index in [9.17, 15) is 0 Å². The number of fused-ring (bicyclic) bond motifs is 1. The molecule has 0 aliphatic rings. The van der Waals surface area contributed by atoms with Crippen LogP contribution in [0.25, 0.3) is 10.9 Å². The topological polar surface area (TPSA) is 46.5 Å². The fourth-order valence-corrected chi connectivity index (χ4v) is 2.46. The molecular formula is C14H14N4S. The molecule has 0 radical (unpaired) electrons. The van der Waals surface area contributed by atoms with Gasteiger partial charge < -0.3 is 0 Å². The number of H-pyrrole nitrogens is 1. The van der Waals surface area contributed by atoms with E-state index < -0.39 is 0 Å². The van der Waals surface area contributed by atoms with Crippen LogP contribution < -0.4 is 0 Å². The molecule has 1 aromatic carbocycles. The van der Waals surface area contributed by atoms with Gasteiger partial charge in [-0.1, -0.05) is 31.2 Å². The van der Waals surface area contributed by atoms with Gasteiger partial charge in [0.25, 0.3) is 0 Å². The van der Waals surface area contributed by atoms with Gasteiger partial charge in [0, 0.05) is 18.0 Å². The van der Waals surface area contributed by atoms with Crippen molar-refractivity contribution in [2.75, 3.05) is 0 Å². The second kappa shape index (κ2) is 4.93. The van der Waals surface area contributed by atoms with Crippen molar-refractivity contribution in [2.45, 2.75) is 19.9 Å². The average Bonchev–Trinajstić information content (AvgIpc) is 2.80. The van der Waals surface area contributed by atoms with E-state index in [1.54, 1.807) is 0 Å². The molecule has 0 amide bonds. The van der Waals surface area contributed by atoms with Gasteiger partial charge in [0.05, 0.1) is 12.1 Å². The number of hydrogen-bond donors (Lipinski definition) is 1. The molecule has 0 saturated carbocycles. The Kier molecular flexibility index (Phi) is 3.13. The zero-order valence-corrected chi connectivity index (χ0v) is 11.4. The van der Waals surface area contributed by atoms with Crippen molar-refractivity contribution < 1.29 is 0 Å². The summed E-state index contributed by atoms with van der Waals surface area (Å²) in [5, 5.41) is 8.23. The number of benzene rings is 1. The molecule has 0 fully saturated rings. The minimum Gasteiger partial charge on any atom is -0.300 e. The minimum absolute atomic E-state index is 0.657. The van der Waals surface area contributed by atoms with Gasteiger partial charge in [0.2, 0.25) is 0 Å². The number of pyridine rings is 1. The molecule has 2 aromatic heterocycles. The molecule has 19 heavy (non-hydrogen) atoms. The maximum Gasteiger partial charge on any atom is 0.195 e. The van der Waals surface area contributed by atoms with E-state index in [2.05, 4.69) is 46.4 Å². The van der Waals surface area contributed by atoms with Gasteiger partial charge in [-0.05, 0) is 23.8 Å². The highest BCUT2D eigenvalue weighted by atomic mass is 32.1. The first-order valence-corrected chi connectivity index (χ1v) is 6.67. The summed E-state index contributed by atoms with van der Waals surface area (Å²) in [4.78, 5) is 4.47. The highest BCUT2D eigenvalue weighted by Crippen LogP contribution is 2.17. The Hall–Kier alpha value is -2.01. The molecule has 0 spiro atoms. The Morgan fingerprint density at radius 3 is 2.95 bits per heavy atom. The van der Waals surface area contributed by atoms with Crippen LogP contribution in [-0.4, -0.2) is 19.7 Å². The summed E-state index contributed by atoms with van der Waals surface area (Å²) >= 11 is 5.29. The second-order valence-corrected chi connectivity index (χ2v) is 4.76. The summed E-state index contributed by atoms with van der Waals surface area (Å²) in [7, 11) is 0. The molecule has 3 aromatic rings. The monoisotopic (exact) mass is 270 g/mol. The van der Waals surface area contributed by atoms with E-state index >= 15 is 0 Å². The molecule has 0 bridgehead atoms. The molecule has 1 N–H and O–H groups in total. The number of aryl methyl sites for hydroxylation is 1. The lowest BCUT2D eigenvalue weighted by Crippen LogP contribution is -2.05. The standard InChI is InChI=1S/C14H14N4S/c1-2-12-16-17-14(19)18(12)9-11-6-3-5-10-7-4-8-15-13(10)11/h3-8H,2,9H2,1H3,(H,17,19). The van der Waals surface area contributed by atoms with Gasteiger partial charge in [-0.25, -0.2) is 0 Å². The van der Waals surface area contributed by atoms with Crippen molar-refractivity contribution in [3.05, 3.63) is 52.7 Å². The molecule has 96 valence electrons. The largest absolute Gasteiger partial charge is 0.300 e. The van der Waals surface area contributed by atoms with Crippen LogP contribution in [-0.2, 0) is 13.0 Å². The Balaban J connectivity index is 2.11. The fraction of sp³-hybridized carbons (Fsp3) is 0.214. The third kappa shape index (κ3) is 2.17. The van der Waals surface area contributed by atoms with Crippen LogP contribution in [0.2, 0.25) is 0 Å². The van der Waals surface area contributed by atoms with Crippen molar-refractivity contribution in [2.24, 2.45) is 0 Å². The van der Waals surface area contributed by atoms with E-state index in [-0.39, 0.29) is 0 Å². The first kappa shape index (κ1) is 12.0. The number of aromatic amines is 1. The van der Waals surface area contributed by atoms with E-state index in [1.165, 1.54) is 0 Å². The highest BCUT2D eigenvalue weighted by Gasteiger charge is 2.07. The van der Waals surface area contributed by atoms with Crippen LogP contribution in [0.5, 0.6) is 0 Å². The van der Waals surface area contributed by atoms with Crippen molar-refractivity contribution in [1.29, 1.82) is 0 Å². The van der Waals surface area contributed by atoms with E-state index in [0.717, 1.165) is 28.7 Å². The summed E-state index contributed by atoms with van der Waals surface area (Å²) in [6.07, 6.45) is 2.67. The van der Waals surface area contributed by atoms with Gasteiger partial charge in [-0.2, -0.15) is 5.10 Å². The Morgan fingerprint density at radius 1 is 1.26 bits per heavy atom. The van der Waals surface area contributed by atoms with Crippen molar-refractivity contribution in [1.82, 2.24) is 19.7 Å². The van der Waals surface area contributed by atoms with Gasteiger partial charge in [-0.15, -0.1) is 0 Å². The number of nitrogens with one attached hydrogen (secondary N) is 1. The van der Waals surface area contributed by atoms with Crippen LogP contribution in [0.3, 0.4) is 0 Å². The summed E-state index contributed by atoms with van der Waals surface area (Å²) in [5.41, 5.74) is 2.18. The van der Waals surface area contributed by atoms with Crippen LogP contribution in [0, 0.1) is 4.77 Å². The van der Waals surface area contributed by atoms with E-state index in [1.807, 2.05) is 16.8 Å². The second-order valence-electron chi connectivity index (χ2n) is 4.38. The number of rotatable bonds is 3. The first-order valence-electron chi connectivity index (χ1n) is 6.26. The van der Waals surface area contributed by atoms with Crippen LogP contribution in [0.1, 0.15) is 18.3 Å². The minimum atomic E-state index is 0.657. The SMILES string of the molecule is CCc1n[nH]c(=S)n1Cc1cccc2cccnc12. The molecule has 4 nitrogen and oxygen atoms in total. The van der Waals surface area contributed by atoms with Crippen LogP contribution in [0.15, 0.2) is 36.5 Å². The average molecular weight is 270 g/mol. The lowest BCUT2D eigenvalue weighted by atomic mass is 10.1. The van der Waals surface area contributed by atoms with Gasteiger partial charge in [0.1, 0.15) is 5.82 Å². The zero-order chi connectivity index (χ0) is 13.2. The molecule has 0 aliphatic heterocycles. The van der Waals surface area contributed by atoms with Crippen LogP contribution in [0.4, 0.5) is 0 Å². The first-order chi connectivity index (χ1) is 9.29. The summed E-state index contributed by atoms with van der Waals surface area (Å²) in [6, 6.07) is 10.2. The molecular weight excluding hydrogens is 256 g/mol. The predicted molar refractivity (Wildman–Crippen MR) is 77.6 cm³/mol. The molecule has 2 heterocycles. The van der Waals surface area contributed by atoms with Crippen molar-refractivity contribution in [3.8, 4) is 0 Å². The quantitative estimate of drug-likeness (QED) is 0.744. The van der Waals surface area contributed by atoms with Gasteiger partial charge >= 0.3 is 0 Å².